The Bertz CT molecular complexity index is 124. The fraction of sp³-hybridized carbons (Fsp3) is 0.818. The van der Waals surface area contributed by atoms with E-state index in [0.717, 1.165) is 11.8 Å². The van der Waals surface area contributed by atoms with E-state index in [1.165, 1.54) is 32.1 Å². The van der Waals surface area contributed by atoms with Crippen LogP contribution in [0.3, 0.4) is 0 Å². The third-order valence-corrected chi connectivity index (χ3v) is 2.82. The van der Waals surface area contributed by atoms with Gasteiger partial charge >= 0.3 is 0 Å². The Hall–Kier alpha value is -0.260. The molecule has 0 aromatic carbocycles. The highest BCUT2D eigenvalue weighted by atomic mass is 14.1. The Morgan fingerprint density at radius 2 is 2.27 bits per heavy atom. The lowest BCUT2D eigenvalue weighted by Gasteiger charge is -2.17. The van der Waals surface area contributed by atoms with E-state index in [4.69, 9.17) is 0 Å². The van der Waals surface area contributed by atoms with Gasteiger partial charge in [0, 0.05) is 0 Å². The van der Waals surface area contributed by atoms with Crippen molar-refractivity contribution in [3.8, 4) is 0 Å². The van der Waals surface area contributed by atoms with Crippen LogP contribution in [0.4, 0.5) is 0 Å². The Morgan fingerprint density at radius 1 is 1.55 bits per heavy atom. The van der Waals surface area contributed by atoms with Gasteiger partial charge in [-0.1, -0.05) is 45.3 Å². The minimum absolute atomic E-state index is 0.944. The Morgan fingerprint density at radius 3 is 2.73 bits per heavy atom. The van der Waals surface area contributed by atoms with Crippen LogP contribution in [-0.2, 0) is 0 Å². The van der Waals surface area contributed by atoms with Crippen molar-refractivity contribution in [3.05, 3.63) is 12.2 Å². The summed E-state index contributed by atoms with van der Waals surface area (Å²) in [4.78, 5) is 0. The van der Waals surface area contributed by atoms with Crippen molar-refractivity contribution in [2.24, 2.45) is 11.8 Å². The van der Waals surface area contributed by atoms with Crippen LogP contribution in [0.1, 0.15) is 46.0 Å². The van der Waals surface area contributed by atoms with E-state index in [1.807, 2.05) is 0 Å². The largest absolute Gasteiger partial charge is 0.0877 e. The first-order chi connectivity index (χ1) is 5.33. The van der Waals surface area contributed by atoms with Crippen LogP contribution in [0.2, 0.25) is 0 Å². The summed E-state index contributed by atoms with van der Waals surface area (Å²) < 4.78 is 0. The van der Waals surface area contributed by atoms with E-state index in [9.17, 15) is 0 Å². The first-order valence-electron chi connectivity index (χ1n) is 4.99. The number of hydrogen-bond acceptors (Lipinski definition) is 0. The quantitative estimate of drug-likeness (QED) is 0.526. The molecule has 0 aromatic heterocycles. The molecule has 2 unspecified atom stereocenters. The van der Waals surface area contributed by atoms with Crippen molar-refractivity contribution in [2.45, 2.75) is 46.0 Å². The van der Waals surface area contributed by atoms with Crippen molar-refractivity contribution in [3.63, 3.8) is 0 Å². The lowest BCUT2D eigenvalue weighted by atomic mass is 9.88. The molecule has 0 N–H and O–H groups in total. The third kappa shape index (κ3) is 3.09. The monoisotopic (exact) mass is 152 g/mol. The zero-order valence-electron chi connectivity index (χ0n) is 7.84. The average molecular weight is 152 g/mol. The van der Waals surface area contributed by atoms with Gasteiger partial charge in [0.15, 0.2) is 0 Å². The molecule has 0 heterocycles. The second-order valence-corrected chi connectivity index (χ2v) is 3.87. The van der Waals surface area contributed by atoms with Gasteiger partial charge < -0.3 is 0 Å². The number of hydrogen-bond donors (Lipinski definition) is 0. The lowest BCUT2D eigenvalue weighted by molar-refractivity contribution is 0.442. The fourth-order valence-electron chi connectivity index (χ4n) is 1.48. The van der Waals surface area contributed by atoms with Crippen LogP contribution in [0.25, 0.3) is 0 Å². The van der Waals surface area contributed by atoms with E-state index in [2.05, 4.69) is 26.0 Å². The van der Waals surface area contributed by atoms with Crippen LogP contribution in [0, 0.1) is 11.8 Å². The van der Waals surface area contributed by atoms with E-state index in [-0.39, 0.29) is 0 Å². The van der Waals surface area contributed by atoms with E-state index >= 15 is 0 Å². The third-order valence-electron chi connectivity index (χ3n) is 2.82. The molecule has 0 fully saturated rings. The van der Waals surface area contributed by atoms with Gasteiger partial charge in [-0.15, -0.1) is 0 Å². The molecular weight excluding hydrogens is 132 g/mol. The van der Waals surface area contributed by atoms with Crippen LogP contribution < -0.4 is 0 Å². The number of allylic oxidation sites excluding steroid dienone is 2. The molecule has 1 aliphatic rings. The van der Waals surface area contributed by atoms with Crippen molar-refractivity contribution in [2.75, 3.05) is 0 Å². The maximum atomic E-state index is 2.36. The van der Waals surface area contributed by atoms with E-state index < -0.39 is 0 Å². The Balaban J connectivity index is 1.91. The van der Waals surface area contributed by atoms with Crippen molar-refractivity contribution in [1.29, 1.82) is 0 Å². The first kappa shape index (κ1) is 8.83. The van der Waals surface area contributed by atoms with Crippen molar-refractivity contribution >= 4 is 0 Å². The number of rotatable bonds is 5. The summed E-state index contributed by atoms with van der Waals surface area (Å²) in [5.74, 6) is 1.89. The van der Waals surface area contributed by atoms with Gasteiger partial charge in [-0.3, -0.25) is 0 Å². The second kappa shape index (κ2) is 4.58. The maximum absolute atomic E-state index is 2.36. The van der Waals surface area contributed by atoms with E-state index in [1.54, 1.807) is 0 Å². The van der Waals surface area contributed by atoms with Gasteiger partial charge in [-0.25, -0.2) is 0 Å². The molecule has 1 rings (SSSR count). The van der Waals surface area contributed by atoms with Crippen molar-refractivity contribution < 1.29 is 0 Å². The molecule has 0 aromatic rings. The van der Waals surface area contributed by atoms with Gasteiger partial charge in [0.25, 0.3) is 0 Å². The topological polar surface area (TPSA) is 0 Å². The molecule has 0 saturated carbocycles. The molecule has 0 radical (unpaired) electrons. The second-order valence-electron chi connectivity index (χ2n) is 3.87. The van der Waals surface area contributed by atoms with Gasteiger partial charge in [-0.05, 0) is 24.7 Å². The van der Waals surface area contributed by atoms with Crippen LogP contribution in [0.15, 0.2) is 12.2 Å². The minimum Gasteiger partial charge on any atom is -0.0877 e. The molecule has 64 valence electrons. The summed E-state index contributed by atoms with van der Waals surface area (Å²) in [6, 6.07) is 0. The summed E-state index contributed by atoms with van der Waals surface area (Å²) >= 11 is 0. The zero-order valence-corrected chi connectivity index (χ0v) is 7.84. The predicted octanol–water partition coefficient (Wildman–Crippen LogP) is 3.78. The van der Waals surface area contributed by atoms with Gasteiger partial charge in [0.05, 0.1) is 0 Å². The molecule has 0 amide bonds. The molecule has 0 saturated heterocycles. The Kier molecular flexibility index (Phi) is 3.68. The van der Waals surface area contributed by atoms with Crippen LogP contribution >= 0.6 is 0 Å². The highest BCUT2D eigenvalue weighted by Gasteiger charge is 2.09. The van der Waals surface area contributed by atoms with Gasteiger partial charge in [0.2, 0.25) is 0 Å². The SMILES string of the molecule is CCC(C)CCCC1C=CC1. The molecule has 0 aliphatic heterocycles. The zero-order chi connectivity index (χ0) is 8.10. The molecule has 2 atom stereocenters. The van der Waals surface area contributed by atoms with Crippen LogP contribution in [-0.4, -0.2) is 0 Å². The highest BCUT2D eigenvalue weighted by Crippen LogP contribution is 2.24. The first-order valence-corrected chi connectivity index (χ1v) is 4.99. The summed E-state index contributed by atoms with van der Waals surface area (Å²) in [5.41, 5.74) is 0. The van der Waals surface area contributed by atoms with Gasteiger partial charge in [-0.2, -0.15) is 0 Å². The van der Waals surface area contributed by atoms with Crippen molar-refractivity contribution in [1.82, 2.24) is 0 Å². The Labute approximate surface area is 70.7 Å². The average Bonchev–Trinajstić information content (AvgIpc) is 1.94. The molecule has 11 heavy (non-hydrogen) atoms. The normalized spacial score (nSPS) is 24.7. The summed E-state index contributed by atoms with van der Waals surface area (Å²) in [6.45, 7) is 4.64. The smallest absolute Gasteiger partial charge is 0.0199 e. The summed E-state index contributed by atoms with van der Waals surface area (Å²) in [6.07, 6.45) is 11.6. The maximum Gasteiger partial charge on any atom is -0.0199 e. The molecule has 1 aliphatic carbocycles. The molecule has 0 nitrogen and oxygen atoms in total. The summed E-state index contributed by atoms with van der Waals surface area (Å²) in [7, 11) is 0. The van der Waals surface area contributed by atoms with Gasteiger partial charge in [0.1, 0.15) is 0 Å². The molecule has 0 bridgehead atoms. The summed E-state index contributed by atoms with van der Waals surface area (Å²) in [5, 5.41) is 0. The fourth-order valence-corrected chi connectivity index (χ4v) is 1.48. The van der Waals surface area contributed by atoms with Crippen LogP contribution in [0.5, 0.6) is 0 Å². The molecule has 0 heteroatoms. The lowest BCUT2D eigenvalue weighted by Crippen LogP contribution is -2.03. The predicted molar refractivity (Wildman–Crippen MR) is 50.6 cm³/mol. The highest BCUT2D eigenvalue weighted by molar-refractivity contribution is 5.01. The molecule has 0 spiro atoms. The van der Waals surface area contributed by atoms with E-state index in [0.29, 0.717) is 0 Å². The minimum atomic E-state index is 0.944. The molecular formula is C11H20. The standard InChI is InChI=1S/C11H20/c1-3-10(2)6-4-7-11-8-5-9-11/h5,8,10-11H,3-4,6-7,9H2,1-2H3.